The number of halogens is 1. The lowest BCUT2D eigenvalue weighted by atomic mass is 9.97. The number of nitrogens with zero attached hydrogens (tertiary/aromatic N) is 4. The Morgan fingerprint density at radius 3 is 2.71 bits per heavy atom. The molecule has 0 aliphatic carbocycles. The van der Waals surface area contributed by atoms with Gasteiger partial charge in [0.25, 0.3) is 0 Å². The van der Waals surface area contributed by atoms with Crippen LogP contribution in [0.1, 0.15) is 30.3 Å². The first-order valence-corrected chi connectivity index (χ1v) is 7.77. The Kier molecular flexibility index (Phi) is 5.61. The van der Waals surface area contributed by atoms with E-state index in [-0.39, 0.29) is 12.4 Å². The highest BCUT2D eigenvalue weighted by Gasteiger charge is 2.21. The summed E-state index contributed by atoms with van der Waals surface area (Å²) < 4.78 is 2.12. The van der Waals surface area contributed by atoms with Gasteiger partial charge in [0, 0.05) is 18.7 Å². The van der Waals surface area contributed by atoms with Crippen LogP contribution in [0.3, 0.4) is 0 Å². The van der Waals surface area contributed by atoms with Crippen molar-refractivity contribution >= 4 is 24.2 Å². The number of rotatable bonds is 3. The fraction of sp³-hybridized carbons (Fsp3) is 0.500. The molecule has 1 fully saturated rings. The van der Waals surface area contributed by atoms with E-state index in [1.54, 1.807) is 11.8 Å². The molecule has 1 saturated heterocycles. The summed E-state index contributed by atoms with van der Waals surface area (Å²) in [7, 11) is 2.05. The van der Waals surface area contributed by atoms with Crippen molar-refractivity contribution in [3.8, 4) is 0 Å². The van der Waals surface area contributed by atoms with Gasteiger partial charge in [-0.05, 0) is 56.7 Å². The van der Waals surface area contributed by atoms with Crippen molar-refractivity contribution in [2.24, 2.45) is 7.05 Å². The van der Waals surface area contributed by atoms with Gasteiger partial charge in [0.05, 0.1) is 0 Å². The predicted octanol–water partition coefficient (Wildman–Crippen LogP) is 2.56. The number of nitrogens with one attached hydrogen (secondary N) is 1. The van der Waals surface area contributed by atoms with E-state index in [9.17, 15) is 0 Å². The third-order valence-corrected chi connectivity index (χ3v) is 4.61. The van der Waals surface area contributed by atoms with Crippen LogP contribution in [0.2, 0.25) is 0 Å². The first-order valence-electron chi connectivity index (χ1n) is 6.95. The first-order chi connectivity index (χ1) is 9.74. The maximum absolute atomic E-state index is 4.50. The molecule has 3 rings (SSSR count). The zero-order valence-electron chi connectivity index (χ0n) is 12.2. The minimum absolute atomic E-state index is 0. The number of piperidine rings is 1. The van der Waals surface area contributed by atoms with Crippen molar-refractivity contribution in [3.05, 3.63) is 29.7 Å². The minimum atomic E-state index is 0. The van der Waals surface area contributed by atoms with Gasteiger partial charge in [0.15, 0.2) is 5.16 Å². The molecule has 0 atom stereocenters. The Labute approximate surface area is 135 Å². The van der Waals surface area contributed by atoms with Gasteiger partial charge in [-0.15, -0.1) is 22.6 Å². The molecule has 114 valence electrons. The summed E-state index contributed by atoms with van der Waals surface area (Å²) in [6.07, 6.45) is 2.28. The van der Waals surface area contributed by atoms with E-state index in [2.05, 4.69) is 32.1 Å². The molecular weight excluding hydrogens is 306 g/mol. The summed E-state index contributed by atoms with van der Waals surface area (Å²) in [4.78, 5) is 4.50. The predicted molar refractivity (Wildman–Crippen MR) is 86.2 cm³/mol. The molecule has 0 spiro atoms. The van der Waals surface area contributed by atoms with Crippen LogP contribution in [-0.2, 0) is 7.05 Å². The lowest BCUT2D eigenvalue weighted by molar-refractivity contribution is 0.434. The standard InChI is InChI=1S/C14H19N5S.ClH/c1-10-4-3-5-12(16-10)20-14-18-17-13(19(14)2)11-6-8-15-9-7-11;/h3-5,11,15H,6-9H2,1-2H3;1H. The zero-order chi connectivity index (χ0) is 13.9. The normalized spacial score (nSPS) is 15.7. The van der Waals surface area contributed by atoms with Crippen molar-refractivity contribution in [3.63, 3.8) is 0 Å². The molecule has 1 N–H and O–H groups in total. The number of hydrogen-bond donors (Lipinski definition) is 1. The zero-order valence-corrected chi connectivity index (χ0v) is 13.9. The Bertz CT molecular complexity index is 595. The molecule has 0 radical (unpaired) electrons. The van der Waals surface area contributed by atoms with Gasteiger partial charge in [-0.3, -0.25) is 0 Å². The Hall–Kier alpha value is -1.11. The van der Waals surface area contributed by atoms with Crippen LogP contribution in [0.4, 0.5) is 0 Å². The monoisotopic (exact) mass is 325 g/mol. The van der Waals surface area contributed by atoms with Crippen LogP contribution in [0.25, 0.3) is 0 Å². The highest BCUT2D eigenvalue weighted by atomic mass is 35.5. The van der Waals surface area contributed by atoms with Gasteiger partial charge in [0.1, 0.15) is 10.9 Å². The fourth-order valence-electron chi connectivity index (χ4n) is 2.52. The van der Waals surface area contributed by atoms with Gasteiger partial charge >= 0.3 is 0 Å². The Morgan fingerprint density at radius 1 is 1.24 bits per heavy atom. The Balaban J connectivity index is 0.00000161. The van der Waals surface area contributed by atoms with Crippen molar-refractivity contribution in [2.75, 3.05) is 13.1 Å². The number of pyridine rings is 1. The second-order valence-corrected chi connectivity index (χ2v) is 6.13. The largest absolute Gasteiger partial charge is 0.317 e. The second-order valence-electron chi connectivity index (χ2n) is 5.14. The molecule has 2 aromatic heterocycles. The second kappa shape index (κ2) is 7.24. The molecule has 0 bridgehead atoms. The van der Waals surface area contributed by atoms with Gasteiger partial charge < -0.3 is 9.88 Å². The van der Waals surface area contributed by atoms with Gasteiger partial charge in [-0.2, -0.15) is 0 Å². The topological polar surface area (TPSA) is 55.6 Å². The number of aryl methyl sites for hydroxylation is 1. The molecule has 7 heteroatoms. The highest BCUT2D eigenvalue weighted by molar-refractivity contribution is 7.99. The van der Waals surface area contributed by atoms with Crippen LogP contribution in [0.5, 0.6) is 0 Å². The molecule has 0 unspecified atom stereocenters. The van der Waals surface area contributed by atoms with Crippen LogP contribution in [0, 0.1) is 6.92 Å². The summed E-state index contributed by atoms with van der Waals surface area (Å²) in [5.41, 5.74) is 1.02. The summed E-state index contributed by atoms with van der Waals surface area (Å²) in [6, 6.07) is 6.03. The van der Waals surface area contributed by atoms with Gasteiger partial charge in [-0.25, -0.2) is 4.98 Å². The van der Waals surface area contributed by atoms with E-state index >= 15 is 0 Å². The summed E-state index contributed by atoms with van der Waals surface area (Å²) in [5, 5.41) is 14.0. The molecular formula is C14H20ClN5S. The van der Waals surface area contributed by atoms with Gasteiger partial charge in [-0.1, -0.05) is 6.07 Å². The molecule has 0 amide bonds. The maximum atomic E-state index is 4.50. The lowest BCUT2D eigenvalue weighted by Crippen LogP contribution is -2.27. The number of hydrogen-bond acceptors (Lipinski definition) is 5. The molecule has 5 nitrogen and oxygen atoms in total. The van der Waals surface area contributed by atoms with E-state index in [0.717, 1.165) is 47.6 Å². The van der Waals surface area contributed by atoms with Crippen molar-refractivity contribution < 1.29 is 0 Å². The van der Waals surface area contributed by atoms with Crippen LogP contribution in [0.15, 0.2) is 28.4 Å². The average Bonchev–Trinajstić information content (AvgIpc) is 2.81. The molecule has 0 saturated carbocycles. The van der Waals surface area contributed by atoms with E-state index in [1.165, 1.54) is 0 Å². The third kappa shape index (κ3) is 3.75. The van der Waals surface area contributed by atoms with Crippen LogP contribution in [-0.4, -0.2) is 32.8 Å². The average molecular weight is 326 g/mol. The summed E-state index contributed by atoms with van der Waals surface area (Å²) in [6.45, 7) is 4.14. The molecule has 1 aliphatic rings. The first kappa shape index (κ1) is 16.3. The van der Waals surface area contributed by atoms with Crippen molar-refractivity contribution in [2.45, 2.75) is 35.9 Å². The highest BCUT2D eigenvalue weighted by Crippen LogP contribution is 2.29. The van der Waals surface area contributed by atoms with E-state index in [0.29, 0.717) is 5.92 Å². The lowest BCUT2D eigenvalue weighted by Gasteiger charge is -2.21. The molecule has 21 heavy (non-hydrogen) atoms. The Morgan fingerprint density at radius 2 is 2.00 bits per heavy atom. The third-order valence-electron chi connectivity index (χ3n) is 3.63. The maximum Gasteiger partial charge on any atom is 0.197 e. The smallest absolute Gasteiger partial charge is 0.197 e. The fourth-order valence-corrected chi connectivity index (χ4v) is 3.35. The molecule has 2 aromatic rings. The van der Waals surface area contributed by atoms with E-state index < -0.39 is 0 Å². The van der Waals surface area contributed by atoms with Gasteiger partial charge in [0.2, 0.25) is 0 Å². The summed E-state index contributed by atoms with van der Waals surface area (Å²) >= 11 is 1.58. The number of aromatic nitrogens is 4. The molecule has 3 heterocycles. The van der Waals surface area contributed by atoms with Crippen LogP contribution >= 0.6 is 24.2 Å². The van der Waals surface area contributed by atoms with Crippen molar-refractivity contribution in [1.82, 2.24) is 25.1 Å². The molecule has 0 aromatic carbocycles. The van der Waals surface area contributed by atoms with Crippen LogP contribution < -0.4 is 5.32 Å². The summed E-state index contributed by atoms with van der Waals surface area (Å²) in [5.74, 6) is 1.62. The SMILES string of the molecule is Cc1cccc(Sc2nnc(C3CCNCC3)n2C)n1.Cl. The minimum Gasteiger partial charge on any atom is -0.317 e. The van der Waals surface area contributed by atoms with E-state index in [4.69, 9.17) is 0 Å². The van der Waals surface area contributed by atoms with E-state index in [1.807, 2.05) is 25.1 Å². The molecule has 1 aliphatic heterocycles. The quantitative estimate of drug-likeness (QED) is 0.940. The van der Waals surface area contributed by atoms with Crippen molar-refractivity contribution in [1.29, 1.82) is 0 Å².